The van der Waals surface area contributed by atoms with Gasteiger partial charge in [-0.1, -0.05) is 66.7 Å². The summed E-state index contributed by atoms with van der Waals surface area (Å²) in [6.07, 6.45) is 0. The van der Waals surface area contributed by atoms with E-state index in [4.69, 9.17) is 0 Å². The van der Waals surface area contributed by atoms with Crippen molar-refractivity contribution in [1.29, 1.82) is 0 Å². The number of hydrogen-bond acceptors (Lipinski definition) is 4. The van der Waals surface area contributed by atoms with Crippen LogP contribution in [-0.4, -0.2) is 29.9 Å². The van der Waals surface area contributed by atoms with Gasteiger partial charge >= 0.3 is 0 Å². The van der Waals surface area contributed by atoms with Gasteiger partial charge in [0.05, 0.1) is 11.6 Å². The molecule has 1 atom stereocenters. The number of benzene rings is 4. The largest absolute Gasteiger partial charge is 0.507 e. The zero-order valence-corrected chi connectivity index (χ0v) is 22.2. The van der Waals surface area contributed by atoms with Gasteiger partial charge in [-0.3, -0.25) is 14.5 Å². The molecule has 1 aliphatic heterocycles. The molecule has 1 unspecified atom stereocenters. The van der Waals surface area contributed by atoms with Gasteiger partial charge in [-0.05, 0) is 73.4 Å². The van der Waals surface area contributed by atoms with Gasteiger partial charge in [0, 0.05) is 30.0 Å². The number of ketones is 1. The quantitative estimate of drug-likeness (QED) is 0.176. The van der Waals surface area contributed by atoms with Gasteiger partial charge in [-0.15, -0.1) is 0 Å². The van der Waals surface area contributed by atoms with Crippen LogP contribution in [0.5, 0.6) is 0 Å². The van der Waals surface area contributed by atoms with Gasteiger partial charge in [0.1, 0.15) is 5.76 Å². The molecule has 192 valence electrons. The zero-order valence-electron chi connectivity index (χ0n) is 22.2. The molecule has 5 rings (SSSR count). The molecule has 1 N–H and O–H groups in total. The fourth-order valence-corrected chi connectivity index (χ4v) is 5.41. The third-order valence-corrected chi connectivity index (χ3v) is 7.45. The van der Waals surface area contributed by atoms with E-state index < -0.39 is 17.7 Å². The minimum atomic E-state index is -0.764. The van der Waals surface area contributed by atoms with Crippen LogP contribution in [0.2, 0.25) is 0 Å². The van der Waals surface area contributed by atoms with Crippen LogP contribution in [0.15, 0.2) is 90.5 Å². The molecule has 0 aliphatic carbocycles. The number of nitrogens with zero attached hydrogens (tertiary/aromatic N) is 2. The Bertz CT molecular complexity index is 1560. The zero-order chi connectivity index (χ0) is 27.0. The van der Waals surface area contributed by atoms with Gasteiger partial charge < -0.3 is 10.0 Å². The lowest BCUT2D eigenvalue weighted by Gasteiger charge is -2.28. The first-order valence-electron chi connectivity index (χ1n) is 13.1. The van der Waals surface area contributed by atoms with Crippen molar-refractivity contribution < 1.29 is 14.7 Å². The van der Waals surface area contributed by atoms with Crippen molar-refractivity contribution in [1.82, 2.24) is 0 Å². The Morgan fingerprint density at radius 2 is 1.55 bits per heavy atom. The number of amides is 1. The number of aryl methyl sites for hydroxylation is 2. The Morgan fingerprint density at radius 1 is 0.868 bits per heavy atom. The number of rotatable bonds is 6. The van der Waals surface area contributed by atoms with Gasteiger partial charge in [0.25, 0.3) is 11.7 Å². The Morgan fingerprint density at radius 3 is 2.26 bits per heavy atom. The van der Waals surface area contributed by atoms with E-state index in [1.54, 1.807) is 11.0 Å². The molecule has 0 bridgehead atoms. The lowest BCUT2D eigenvalue weighted by Crippen LogP contribution is -2.30. The number of carbonyl (C=O) groups excluding carboxylic acids is 2. The average Bonchev–Trinajstić information content (AvgIpc) is 3.20. The highest BCUT2D eigenvalue weighted by atomic mass is 16.3. The number of aliphatic hydroxyl groups excluding tert-OH is 1. The normalized spacial score (nSPS) is 16.8. The second kappa shape index (κ2) is 10.2. The molecule has 0 radical (unpaired) electrons. The fraction of sp³-hybridized carbons (Fsp3) is 0.212. The average molecular weight is 505 g/mol. The number of Topliss-reactive ketones (excluding diaryl/α,β-unsaturated/α-hetero) is 1. The van der Waals surface area contributed by atoms with E-state index in [0.29, 0.717) is 11.3 Å². The number of carbonyl (C=O) groups is 2. The Kier molecular flexibility index (Phi) is 6.77. The fourth-order valence-electron chi connectivity index (χ4n) is 5.41. The van der Waals surface area contributed by atoms with Crippen LogP contribution in [0, 0.1) is 13.8 Å². The van der Waals surface area contributed by atoms with Gasteiger partial charge in [-0.2, -0.15) is 0 Å². The summed E-state index contributed by atoms with van der Waals surface area (Å²) in [5, 5.41) is 13.5. The minimum absolute atomic E-state index is 0.0999. The summed E-state index contributed by atoms with van der Waals surface area (Å²) < 4.78 is 0. The minimum Gasteiger partial charge on any atom is -0.507 e. The van der Waals surface area contributed by atoms with Crippen molar-refractivity contribution in [2.75, 3.05) is 22.9 Å². The van der Waals surface area contributed by atoms with Crippen LogP contribution in [0.4, 0.5) is 11.4 Å². The van der Waals surface area contributed by atoms with Crippen molar-refractivity contribution in [3.8, 4) is 0 Å². The first-order chi connectivity index (χ1) is 18.3. The first kappa shape index (κ1) is 25.3. The summed E-state index contributed by atoms with van der Waals surface area (Å²) in [6.45, 7) is 9.85. The van der Waals surface area contributed by atoms with E-state index >= 15 is 0 Å². The van der Waals surface area contributed by atoms with Crippen LogP contribution < -0.4 is 9.80 Å². The van der Waals surface area contributed by atoms with E-state index in [0.717, 1.165) is 46.2 Å². The molecule has 4 aromatic carbocycles. The second-order valence-corrected chi connectivity index (χ2v) is 9.75. The van der Waals surface area contributed by atoms with Crippen molar-refractivity contribution in [3.63, 3.8) is 0 Å². The molecule has 1 amide bonds. The van der Waals surface area contributed by atoms with E-state index in [-0.39, 0.29) is 11.3 Å². The molecule has 1 heterocycles. The van der Waals surface area contributed by atoms with Crippen molar-refractivity contribution >= 4 is 39.6 Å². The predicted octanol–water partition coefficient (Wildman–Crippen LogP) is 6.93. The first-order valence-corrected chi connectivity index (χ1v) is 13.1. The second-order valence-electron chi connectivity index (χ2n) is 9.75. The number of anilines is 2. The van der Waals surface area contributed by atoms with Crippen molar-refractivity contribution in [2.45, 2.75) is 33.7 Å². The third kappa shape index (κ3) is 4.24. The van der Waals surface area contributed by atoms with Crippen LogP contribution in [0.3, 0.4) is 0 Å². The highest BCUT2D eigenvalue weighted by molar-refractivity contribution is 6.52. The van der Waals surface area contributed by atoms with Gasteiger partial charge in [-0.25, -0.2) is 0 Å². The molecular weight excluding hydrogens is 472 g/mol. The maximum absolute atomic E-state index is 13.7. The van der Waals surface area contributed by atoms with E-state index in [1.165, 1.54) is 0 Å². The Labute approximate surface area is 223 Å². The summed E-state index contributed by atoms with van der Waals surface area (Å²) in [5.41, 5.74) is 5.00. The van der Waals surface area contributed by atoms with Gasteiger partial charge in [0.2, 0.25) is 0 Å². The van der Waals surface area contributed by atoms with E-state index in [1.807, 2.05) is 92.7 Å². The predicted molar refractivity (Wildman–Crippen MR) is 155 cm³/mol. The van der Waals surface area contributed by atoms with E-state index in [2.05, 4.69) is 18.7 Å². The van der Waals surface area contributed by atoms with Crippen molar-refractivity contribution in [2.24, 2.45) is 0 Å². The molecule has 4 aromatic rings. The molecule has 1 saturated heterocycles. The maximum atomic E-state index is 13.7. The Balaban J connectivity index is 1.75. The highest BCUT2D eigenvalue weighted by Gasteiger charge is 2.47. The molecule has 1 fully saturated rings. The van der Waals surface area contributed by atoms with Crippen molar-refractivity contribution in [3.05, 3.63) is 113 Å². The maximum Gasteiger partial charge on any atom is 0.300 e. The number of aliphatic hydroxyl groups is 1. The van der Waals surface area contributed by atoms with Crippen LogP contribution in [0.25, 0.3) is 16.5 Å². The van der Waals surface area contributed by atoms with Crippen LogP contribution >= 0.6 is 0 Å². The molecule has 38 heavy (non-hydrogen) atoms. The third-order valence-electron chi connectivity index (χ3n) is 7.45. The summed E-state index contributed by atoms with van der Waals surface area (Å²) >= 11 is 0. The smallest absolute Gasteiger partial charge is 0.300 e. The molecule has 0 saturated carbocycles. The number of hydrogen-bond donors (Lipinski definition) is 1. The SMILES string of the molecule is CCN(CC)c1ccc(C2/C(=C(/O)c3cccc4ccccc34)C(=O)C(=O)N2c2cc(C)ccc2C)cc1. The van der Waals surface area contributed by atoms with Gasteiger partial charge in [0.15, 0.2) is 0 Å². The number of fused-ring (bicyclic) bond motifs is 1. The highest BCUT2D eigenvalue weighted by Crippen LogP contribution is 2.44. The molecular formula is C33H32N2O3. The standard InChI is InChI=1S/C33H32N2O3/c1-5-34(6-2)25-18-16-24(17-19-25)30-29(31(36)27-13-9-11-23-10-7-8-12-26(23)27)32(37)33(38)35(30)28-20-21(3)14-15-22(28)4/h7-20,30,36H,5-6H2,1-4H3/b31-29-. The molecule has 1 aliphatic rings. The molecule has 5 heteroatoms. The monoisotopic (exact) mass is 504 g/mol. The summed E-state index contributed by atoms with van der Waals surface area (Å²) in [5.74, 6) is -1.49. The lowest BCUT2D eigenvalue weighted by molar-refractivity contribution is -0.132. The van der Waals surface area contributed by atoms with E-state index in [9.17, 15) is 14.7 Å². The summed E-state index contributed by atoms with van der Waals surface area (Å²) in [4.78, 5) is 31.1. The van der Waals surface area contributed by atoms with Crippen LogP contribution in [0.1, 0.15) is 42.1 Å². The molecule has 0 aromatic heterocycles. The Hall–Kier alpha value is -4.38. The lowest BCUT2D eigenvalue weighted by atomic mass is 9.93. The summed E-state index contributed by atoms with van der Waals surface area (Å²) in [7, 11) is 0. The van der Waals surface area contributed by atoms with Crippen LogP contribution in [-0.2, 0) is 9.59 Å². The molecule has 5 nitrogen and oxygen atoms in total. The topological polar surface area (TPSA) is 60.9 Å². The summed E-state index contributed by atoms with van der Waals surface area (Å²) in [6, 6.07) is 26.4. The molecule has 0 spiro atoms.